The van der Waals surface area contributed by atoms with Gasteiger partial charge < -0.3 is 11.1 Å². The van der Waals surface area contributed by atoms with E-state index in [4.69, 9.17) is 5.73 Å². The zero-order valence-corrected chi connectivity index (χ0v) is 16.7. The third-order valence-corrected chi connectivity index (χ3v) is 5.19. The fourth-order valence-electron chi connectivity index (χ4n) is 2.64. The van der Waals surface area contributed by atoms with Crippen LogP contribution in [0.15, 0.2) is 29.3 Å². The van der Waals surface area contributed by atoms with Crippen molar-refractivity contribution in [2.75, 3.05) is 24.7 Å². The third kappa shape index (κ3) is 5.92. The van der Waals surface area contributed by atoms with Crippen LogP contribution in [0.5, 0.6) is 0 Å². The molecule has 2 rings (SSSR count). The summed E-state index contributed by atoms with van der Waals surface area (Å²) in [4.78, 5) is 4.28. The predicted molar refractivity (Wildman–Crippen MR) is 106 cm³/mol. The van der Waals surface area contributed by atoms with Crippen LogP contribution in [-0.2, 0) is 16.4 Å². The maximum absolute atomic E-state index is 11.7. The highest BCUT2D eigenvalue weighted by atomic mass is 127. The molecule has 0 saturated carbocycles. The van der Waals surface area contributed by atoms with Crippen LogP contribution in [-0.4, -0.2) is 44.1 Å². The number of sulfonamides is 1. The van der Waals surface area contributed by atoms with E-state index in [0.29, 0.717) is 19.0 Å². The van der Waals surface area contributed by atoms with Gasteiger partial charge in [0, 0.05) is 18.3 Å². The first-order chi connectivity index (χ1) is 10.4. The Morgan fingerprint density at radius 3 is 2.61 bits per heavy atom. The molecule has 1 aliphatic heterocycles. The highest BCUT2D eigenvalue weighted by Gasteiger charge is 2.30. The van der Waals surface area contributed by atoms with Gasteiger partial charge in [-0.05, 0) is 37.0 Å². The molecule has 1 aliphatic rings. The molecule has 0 unspecified atom stereocenters. The second kappa shape index (κ2) is 8.84. The average Bonchev–Trinajstić information content (AvgIpc) is 2.94. The molecule has 1 fully saturated rings. The van der Waals surface area contributed by atoms with Crippen LogP contribution in [0.1, 0.15) is 25.3 Å². The van der Waals surface area contributed by atoms with Gasteiger partial charge in [0.2, 0.25) is 10.0 Å². The van der Waals surface area contributed by atoms with Crippen molar-refractivity contribution < 1.29 is 8.42 Å². The van der Waals surface area contributed by atoms with E-state index in [1.807, 2.05) is 24.3 Å². The lowest BCUT2D eigenvalue weighted by Gasteiger charge is -2.20. The molecular weight excluding hydrogens is 427 g/mol. The smallest absolute Gasteiger partial charge is 0.211 e. The Balaban J connectivity index is 0.00000264. The maximum Gasteiger partial charge on any atom is 0.211 e. The molecule has 1 saturated heterocycles. The zero-order chi connectivity index (χ0) is 16.2. The fourth-order valence-corrected chi connectivity index (χ4v) is 3.82. The molecule has 1 heterocycles. The van der Waals surface area contributed by atoms with Crippen molar-refractivity contribution >= 4 is 45.6 Å². The van der Waals surface area contributed by atoms with Crippen LogP contribution in [0.4, 0.5) is 5.69 Å². The molecule has 23 heavy (non-hydrogen) atoms. The largest absolute Gasteiger partial charge is 0.370 e. The summed E-state index contributed by atoms with van der Waals surface area (Å²) in [5.41, 5.74) is 8.02. The Kier molecular flexibility index (Phi) is 7.75. The first kappa shape index (κ1) is 20.2. The Morgan fingerprint density at radius 1 is 1.39 bits per heavy atom. The van der Waals surface area contributed by atoms with Crippen molar-refractivity contribution in [2.24, 2.45) is 10.7 Å². The number of nitrogens with one attached hydrogen (secondary N) is 1. The Morgan fingerprint density at radius 2 is 2.04 bits per heavy atom. The van der Waals surface area contributed by atoms with E-state index in [-0.39, 0.29) is 30.0 Å². The summed E-state index contributed by atoms with van der Waals surface area (Å²) >= 11 is 0. The number of aryl methyl sites for hydroxylation is 1. The van der Waals surface area contributed by atoms with Crippen LogP contribution in [0.2, 0.25) is 0 Å². The maximum atomic E-state index is 11.7. The minimum atomic E-state index is -3.16. The number of aliphatic imine (C=N–C) groups is 1. The van der Waals surface area contributed by atoms with Gasteiger partial charge in [-0.2, -0.15) is 4.31 Å². The van der Waals surface area contributed by atoms with E-state index in [9.17, 15) is 8.42 Å². The SMILES string of the molecule is CCc1ccc(NC(N)=NC[C@H]2CCCN2S(C)(=O)=O)cc1.I. The minimum absolute atomic E-state index is 0. The quantitative estimate of drug-likeness (QED) is 0.407. The van der Waals surface area contributed by atoms with Gasteiger partial charge in [-0.1, -0.05) is 19.1 Å². The first-order valence-electron chi connectivity index (χ1n) is 7.53. The summed E-state index contributed by atoms with van der Waals surface area (Å²) in [5.74, 6) is 0.310. The van der Waals surface area contributed by atoms with E-state index >= 15 is 0 Å². The van der Waals surface area contributed by atoms with Gasteiger partial charge in [-0.25, -0.2) is 8.42 Å². The lowest BCUT2D eigenvalue weighted by atomic mass is 10.1. The minimum Gasteiger partial charge on any atom is -0.370 e. The van der Waals surface area contributed by atoms with Crippen LogP contribution in [0.3, 0.4) is 0 Å². The highest BCUT2D eigenvalue weighted by Crippen LogP contribution is 2.20. The molecule has 1 atom stereocenters. The molecule has 6 nitrogen and oxygen atoms in total. The number of hydrogen-bond donors (Lipinski definition) is 2. The molecule has 3 N–H and O–H groups in total. The number of nitrogens with two attached hydrogens (primary N) is 1. The summed E-state index contributed by atoms with van der Waals surface area (Å²) in [6, 6.07) is 7.91. The second-order valence-electron chi connectivity index (χ2n) is 5.57. The molecule has 0 spiro atoms. The third-order valence-electron chi connectivity index (χ3n) is 3.86. The van der Waals surface area contributed by atoms with Crippen molar-refractivity contribution in [1.29, 1.82) is 0 Å². The first-order valence-corrected chi connectivity index (χ1v) is 9.37. The van der Waals surface area contributed by atoms with Crippen molar-refractivity contribution in [1.82, 2.24) is 4.31 Å². The predicted octanol–water partition coefficient (Wildman–Crippen LogP) is 2.02. The summed E-state index contributed by atoms with van der Waals surface area (Å²) in [6.45, 7) is 3.07. The van der Waals surface area contributed by atoms with E-state index in [2.05, 4.69) is 17.2 Å². The Bertz CT molecular complexity index is 631. The van der Waals surface area contributed by atoms with Crippen molar-refractivity contribution in [3.63, 3.8) is 0 Å². The molecule has 0 amide bonds. The second-order valence-corrected chi connectivity index (χ2v) is 7.51. The lowest BCUT2D eigenvalue weighted by molar-refractivity contribution is 0.397. The number of anilines is 1. The standard InChI is InChI=1S/C15H24N4O2S.HI/c1-3-12-6-8-13(9-7-12)18-15(16)17-11-14-5-4-10-19(14)22(2,20)21;/h6-9,14H,3-5,10-11H2,1-2H3,(H3,16,17,18);1H/t14-;/m1./s1. The highest BCUT2D eigenvalue weighted by molar-refractivity contribution is 14.0. The van der Waals surface area contributed by atoms with Crippen molar-refractivity contribution in [3.05, 3.63) is 29.8 Å². The van der Waals surface area contributed by atoms with Crippen molar-refractivity contribution in [2.45, 2.75) is 32.2 Å². The molecule has 0 radical (unpaired) electrons. The van der Waals surface area contributed by atoms with Gasteiger partial charge in [-0.15, -0.1) is 24.0 Å². The van der Waals surface area contributed by atoms with Crippen LogP contribution >= 0.6 is 24.0 Å². The number of guanidine groups is 1. The molecule has 0 aromatic heterocycles. The van der Waals surface area contributed by atoms with E-state index in [0.717, 1.165) is 24.9 Å². The molecular formula is C15H25IN4O2S. The monoisotopic (exact) mass is 452 g/mol. The molecule has 0 bridgehead atoms. The van der Waals surface area contributed by atoms with Gasteiger partial charge in [0.05, 0.1) is 12.8 Å². The van der Waals surface area contributed by atoms with Crippen LogP contribution in [0, 0.1) is 0 Å². The fraction of sp³-hybridized carbons (Fsp3) is 0.533. The van der Waals surface area contributed by atoms with Crippen LogP contribution in [0.25, 0.3) is 0 Å². The topological polar surface area (TPSA) is 87.8 Å². The molecule has 8 heteroatoms. The van der Waals surface area contributed by atoms with E-state index in [1.54, 1.807) is 0 Å². The lowest BCUT2D eigenvalue weighted by Crippen LogP contribution is -2.37. The summed E-state index contributed by atoms with van der Waals surface area (Å²) in [6.07, 6.45) is 3.94. The Labute approximate surface area is 155 Å². The molecule has 1 aromatic rings. The van der Waals surface area contributed by atoms with E-state index < -0.39 is 10.0 Å². The molecule has 130 valence electrons. The summed E-state index contributed by atoms with van der Waals surface area (Å²) in [5, 5.41) is 3.03. The number of benzene rings is 1. The number of halogens is 1. The average molecular weight is 452 g/mol. The normalized spacial score (nSPS) is 19.4. The van der Waals surface area contributed by atoms with E-state index in [1.165, 1.54) is 16.1 Å². The number of nitrogens with zero attached hydrogens (tertiary/aromatic N) is 2. The van der Waals surface area contributed by atoms with Gasteiger partial charge in [0.15, 0.2) is 5.96 Å². The van der Waals surface area contributed by atoms with Crippen LogP contribution < -0.4 is 11.1 Å². The molecule has 1 aromatic carbocycles. The van der Waals surface area contributed by atoms with Gasteiger partial charge in [0.1, 0.15) is 0 Å². The summed E-state index contributed by atoms with van der Waals surface area (Å²) in [7, 11) is -3.16. The molecule has 0 aliphatic carbocycles. The Hall–Kier alpha value is -0.870. The van der Waals surface area contributed by atoms with Gasteiger partial charge >= 0.3 is 0 Å². The van der Waals surface area contributed by atoms with Crippen molar-refractivity contribution in [3.8, 4) is 0 Å². The van der Waals surface area contributed by atoms with Gasteiger partial charge in [-0.3, -0.25) is 4.99 Å². The van der Waals surface area contributed by atoms with Gasteiger partial charge in [0.25, 0.3) is 0 Å². The number of hydrogen-bond acceptors (Lipinski definition) is 3. The number of rotatable bonds is 5. The zero-order valence-electron chi connectivity index (χ0n) is 13.5. The summed E-state index contributed by atoms with van der Waals surface area (Å²) < 4.78 is 24.9.